The van der Waals surface area contributed by atoms with Crippen molar-refractivity contribution in [1.82, 2.24) is 4.90 Å². The van der Waals surface area contributed by atoms with E-state index in [4.69, 9.17) is 29.3 Å². The Bertz CT molecular complexity index is 437. The molecule has 0 aromatic heterocycles. The van der Waals surface area contributed by atoms with Gasteiger partial charge in [-0.2, -0.15) is 0 Å². The topological polar surface area (TPSA) is 96.3 Å². The zero-order valence-electron chi connectivity index (χ0n) is 12.5. The number of halogens is 1. The first-order chi connectivity index (χ1) is 10.3. The molecule has 0 aliphatic carbocycles. The molecule has 0 saturated carbocycles. The van der Waals surface area contributed by atoms with E-state index < -0.39 is 11.9 Å². The Morgan fingerprint density at radius 2 is 1.59 bits per heavy atom. The molecule has 0 amide bonds. The average Bonchev–Trinajstić information content (AvgIpc) is 2.45. The summed E-state index contributed by atoms with van der Waals surface area (Å²) < 4.78 is 12.0. The minimum atomic E-state index is -1.82. The Labute approximate surface area is 137 Å². The van der Waals surface area contributed by atoms with E-state index in [1.807, 2.05) is 38.4 Å². The van der Waals surface area contributed by atoms with Crippen molar-refractivity contribution >= 4 is 27.9 Å². The van der Waals surface area contributed by atoms with Crippen LogP contribution in [-0.2, 0) is 14.3 Å². The van der Waals surface area contributed by atoms with Crippen molar-refractivity contribution in [2.24, 2.45) is 0 Å². The summed E-state index contributed by atoms with van der Waals surface area (Å²) in [5.74, 6) is -2.77. The Morgan fingerprint density at radius 3 is 2.05 bits per heavy atom. The van der Waals surface area contributed by atoms with Crippen LogP contribution in [0.25, 0.3) is 0 Å². The number of hydrogen-bond donors (Lipinski definition) is 2. The van der Waals surface area contributed by atoms with Crippen molar-refractivity contribution in [2.45, 2.75) is 0 Å². The summed E-state index contributed by atoms with van der Waals surface area (Å²) in [7, 11) is 4.06. The summed E-state index contributed by atoms with van der Waals surface area (Å²) in [5.41, 5.74) is 0. The van der Waals surface area contributed by atoms with Crippen LogP contribution < -0.4 is 4.74 Å². The van der Waals surface area contributed by atoms with Crippen molar-refractivity contribution in [2.75, 3.05) is 40.5 Å². The lowest BCUT2D eigenvalue weighted by atomic mass is 10.3. The van der Waals surface area contributed by atoms with Crippen LogP contribution in [0.15, 0.2) is 28.7 Å². The predicted octanol–water partition coefficient (Wildman–Crippen LogP) is 1.56. The molecule has 22 heavy (non-hydrogen) atoms. The maximum absolute atomic E-state index is 9.10. The second kappa shape index (κ2) is 12.0. The first kappa shape index (κ1) is 20.4. The van der Waals surface area contributed by atoms with E-state index in [0.717, 1.165) is 23.4 Å². The highest BCUT2D eigenvalue weighted by Crippen LogP contribution is 2.15. The van der Waals surface area contributed by atoms with Gasteiger partial charge in [-0.05, 0) is 38.4 Å². The van der Waals surface area contributed by atoms with E-state index in [-0.39, 0.29) is 0 Å². The molecule has 0 spiro atoms. The zero-order valence-corrected chi connectivity index (χ0v) is 14.1. The van der Waals surface area contributed by atoms with Gasteiger partial charge in [0.15, 0.2) is 0 Å². The molecule has 1 aromatic rings. The van der Waals surface area contributed by atoms with E-state index in [1.165, 1.54) is 0 Å². The number of carbonyl (C=O) groups is 2. The van der Waals surface area contributed by atoms with Crippen LogP contribution in [0.5, 0.6) is 5.75 Å². The largest absolute Gasteiger partial charge is 0.491 e. The summed E-state index contributed by atoms with van der Waals surface area (Å²) in [6.45, 7) is 2.91. The smallest absolute Gasteiger partial charge is 0.414 e. The molecule has 1 aromatic carbocycles. The fraction of sp³-hybridized carbons (Fsp3) is 0.429. The van der Waals surface area contributed by atoms with Crippen molar-refractivity contribution in [1.29, 1.82) is 0 Å². The normalized spacial score (nSPS) is 9.82. The zero-order chi connectivity index (χ0) is 17.0. The lowest BCUT2D eigenvalue weighted by Gasteiger charge is -2.10. The molecule has 0 aliphatic heterocycles. The molecular formula is C14H20BrNO6. The quantitative estimate of drug-likeness (QED) is 0.549. The van der Waals surface area contributed by atoms with Crippen LogP contribution in [-0.4, -0.2) is 67.5 Å². The standard InChI is InChI=1S/C12H18BrNO2.C2H2O4/c1-14(2)7-8-15-9-10-16-12-5-3-11(13)4-6-12;3-1(4)2(5)6/h3-6H,7-10H2,1-2H3;(H,3,4)(H,5,6). The van der Waals surface area contributed by atoms with Crippen LogP contribution in [0.2, 0.25) is 0 Å². The molecule has 0 atom stereocenters. The van der Waals surface area contributed by atoms with E-state index in [1.54, 1.807) is 0 Å². The van der Waals surface area contributed by atoms with Crippen molar-refractivity contribution in [3.63, 3.8) is 0 Å². The molecule has 0 aliphatic rings. The third-order valence-electron chi connectivity index (χ3n) is 2.18. The number of aliphatic carboxylic acids is 2. The molecule has 0 radical (unpaired) electrons. The van der Waals surface area contributed by atoms with Crippen LogP contribution in [0.3, 0.4) is 0 Å². The van der Waals surface area contributed by atoms with Gasteiger partial charge in [0.25, 0.3) is 0 Å². The van der Waals surface area contributed by atoms with E-state index >= 15 is 0 Å². The maximum atomic E-state index is 9.10. The highest BCUT2D eigenvalue weighted by molar-refractivity contribution is 9.10. The number of benzene rings is 1. The number of rotatable bonds is 7. The number of carboxylic acid groups (broad SMARTS) is 2. The van der Waals surface area contributed by atoms with Crippen molar-refractivity contribution in [3.05, 3.63) is 28.7 Å². The van der Waals surface area contributed by atoms with Crippen molar-refractivity contribution in [3.8, 4) is 5.75 Å². The fourth-order valence-corrected chi connectivity index (χ4v) is 1.36. The summed E-state index contributed by atoms with van der Waals surface area (Å²) in [6.07, 6.45) is 0. The SMILES string of the molecule is CN(C)CCOCCOc1ccc(Br)cc1.O=C(O)C(=O)O. The second-order valence-corrected chi connectivity index (χ2v) is 5.24. The lowest BCUT2D eigenvalue weighted by molar-refractivity contribution is -0.159. The minimum Gasteiger partial charge on any atom is -0.491 e. The van der Waals surface area contributed by atoms with Gasteiger partial charge in [-0.1, -0.05) is 15.9 Å². The van der Waals surface area contributed by atoms with Gasteiger partial charge >= 0.3 is 11.9 Å². The van der Waals surface area contributed by atoms with Crippen LogP contribution in [0.1, 0.15) is 0 Å². The summed E-state index contributed by atoms with van der Waals surface area (Å²) >= 11 is 3.38. The lowest BCUT2D eigenvalue weighted by Crippen LogP contribution is -2.19. The average molecular weight is 378 g/mol. The molecular weight excluding hydrogens is 358 g/mol. The van der Waals surface area contributed by atoms with E-state index in [9.17, 15) is 0 Å². The Balaban J connectivity index is 0.000000626. The number of likely N-dealkylation sites (N-methyl/N-ethyl adjacent to an activating group) is 1. The number of ether oxygens (including phenoxy) is 2. The van der Waals surface area contributed by atoms with Gasteiger partial charge in [-0.15, -0.1) is 0 Å². The molecule has 0 unspecified atom stereocenters. The molecule has 124 valence electrons. The van der Waals surface area contributed by atoms with Gasteiger partial charge in [0.2, 0.25) is 0 Å². The van der Waals surface area contributed by atoms with Gasteiger partial charge in [-0.25, -0.2) is 9.59 Å². The first-order valence-corrected chi connectivity index (χ1v) is 7.19. The van der Waals surface area contributed by atoms with Crippen LogP contribution in [0.4, 0.5) is 0 Å². The van der Waals surface area contributed by atoms with E-state index in [0.29, 0.717) is 13.2 Å². The fourth-order valence-electron chi connectivity index (χ4n) is 1.10. The summed E-state index contributed by atoms with van der Waals surface area (Å²) in [5, 5.41) is 14.8. The third-order valence-corrected chi connectivity index (χ3v) is 2.70. The highest BCUT2D eigenvalue weighted by atomic mass is 79.9. The molecule has 0 fully saturated rings. The first-order valence-electron chi connectivity index (χ1n) is 6.40. The second-order valence-electron chi connectivity index (χ2n) is 4.33. The molecule has 1 rings (SSSR count). The maximum Gasteiger partial charge on any atom is 0.414 e. The Hall–Kier alpha value is -1.64. The molecule has 8 heteroatoms. The van der Waals surface area contributed by atoms with Gasteiger partial charge in [0.1, 0.15) is 12.4 Å². The third kappa shape index (κ3) is 12.1. The number of hydrogen-bond acceptors (Lipinski definition) is 5. The molecule has 0 heterocycles. The monoisotopic (exact) mass is 377 g/mol. The summed E-state index contributed by atoms with van der Waals surface area (Å²) in [6, 6.07) is 7.79. The predicted molar refractivity (Wildman–Crippen MR) is 84.3 cm³/mol. The number of carboxylic acids is 2. The number of nitrogens with zero attached hydrogens (tertiary/aromatic N) is 1. The van der Waals surface area contributed by atoms with Crippen molar-refractivity contribution < 1.29 is 29.3 Å². The van der Waals surface area contributed by atoms with Gasteiger partial charge in [-0.3, -0.25) is 0 Å². The van der Waals surface area contributed by atoms with E-state index in [2.05, 4.69) is 20.8 Å². The summed E-state index contributed by atoms with van der Waals surface area (Å²) in [4.78, 5) is 20.3. The minimum absolute atomic E-state index is 0.592. The molecule has 2 N–H and O–H groups in total. The molecule has 0 bridgehead atoms. The van der Waals surface area contributed by atoms with Gasteiger partial charge in [0, 0.05) is 11.0 Å². The molecule has 7 nitrogen and oxygen atoms in total. The Kier molecular flexibility index (Phi) is 11.1. The van der Waals surface area contributed by atoms with Crippen LogP contribution >= 0.6 is 15.9 Å². The van der Waals surface area contributed by atoms with Crippen LogP contribution in [0, 0.1) is 0 Å². The molecule has 0 saturated heterocycles. The van der Waals surface area contributed by atoms with Gasteiger partial charge in [0.05, 0.1) is 13.2 Å². The Morgan fingerprint density at radius 1 is 1.05 bits per heavy atom. The van der Waals surface area contributed by atoms with Gasteiger partial charge < -0.3 is 24.6 Å². The highest BCUT2D eigenvalue weighted by Gasteiger charge is 2.04.